The van der Waals surface area contributed by atoms with Gasteiger partial charge in [0.2, 0.25) is 0 Å². The van der Waals surface area contributed by atoms with Gasteiger partial charge in [-0.1, -0.05) is 0 Å². The molecule has 2 aromatic rings. The number of nitrogens with zero attached hydrogens (tertiary/aromatic N) is 2. The number of fused-ring (bicyclic) bond motifs is 1. The Bertz CT molecular complexity index is 608. The highest BCUT2D eigenvalue weighted by atomic mass is 32.1. The zero-order valence-corrected chi connectivity index (χ0v) is 12.4. The Morgan fingerprint density at radius 3 is 2.84 bits per heavy atom. The predicted molar refractivity (Wildman–Crippen MR) is 77.1 cm³/mol. The molecule has 5 nitrogen and oxygen atoms in total. The molecule has 3 rings (SSSR count). The largest absolute Gasteiger partial charge is 0.311 e. The van der Waals surface area contributed by atoms with E-state index in [4.69, 9.17) is 0 Å². The first-order valence-electron chi connectivity index (χ1n) is 6.08. The second-order valence-corrected chi connectivity index (χ2v) is 6.70. The molecule has 0 atom stereocenters. The van der Waals surface area contributed by atoms with Crippen molar-refractivity contribution in [2.75, 3.05) is 11.9 Å². The van der Waals surface area contributed by atoms with Crippen LogP contribution in [0.15, 0.2) is 0 Å². The van der Waals surface area contributed by atoms with Crippen LogP contribution in [0.1, 0.15) is 30.9 Å². The molecular weight excluding hydrogens is 280 g/mol. The lowest BCUT2D eigenvalue weighted by atomic mass is 10.2. The fourth-order valence-electron chi connectivity index (χ4n) is 2.07. The van der Waals surface area contributed by atoms with Crippen LogP contribution in [0.3, 0.4) is 0 Å². The van der Waals surface area contributed by atoms with E-state index >= 15 is 0 Å². The zero-order valence-electron chi connectivity index (χ0n) is 10.7. The van der Waals surface area contributed by atoms with Crippen LogP contribution in [0.2, 0.25) is 0 Å². The van der Waals surface area contributed by atoms with Crippen molar-refractivity contribution < 1.29 is 4.79 Å². The van der Waals surface area contributed by atoms with Crippen molar-refractivity contribution in [3.05, 3.63) is 26.1 Å². The first-order valence-corrected chi connectivity index (χ1v) is 7.71. The van der Waals surface area contributed by atoms with Gasteiger partial charge in [-0.15, -0.1) is 22.7 Å². The average molecular weight is 294 g/mol. The molecule has 0 saturated carbocycles. The lowest BCUT2D eigenvalue weighted by Gasteiger charge is -2.09. The molecule has 0 fully saturated rings. The Morgan fingerprint density at radius 1 is 1.32 bits per heavy atom. The lowest BCUT2D eigenvalue weighted by Crippen LogP contribution is -2.22. The van der Waals surface area contributed by atoms with E-state index in [1.165, 1.54) is 16.2 Å². The standard InChI is InChI=1S/C12H14N4OS2/c1-6-10(18-7(2)14-6)11(17)16-12-15-8-3-4-13-5-9(8)19-12/h13H,3-5H2,1-2H3,(H,15,16,17). The van der Waals surface area contributed by atoms with Gasteiger partial charge >= 0.3 is 0 Å². The van der Waals surface area contributed by atoms with Gasteiger partial charge in [-0.3, -0.25) is 10.1 Å². The van der Waals surface area contributed by atoms with E-state index in [1.54, 1.807) is 11.3 Å². The maximum atomic E-state index is 12.2. The summed E-state index contributed by atoms with van der Waals surface area (Å²) in [5.74, 6) is -0.109. The second kappa shape index (κ2) is 4.99. The number of aromatic nitrogens is 2. The van der Waals surface area contributed by atoms with Crippen molar-refractivity contribution in [2.45, 2.75) is 26.8 Å². The first kappa shape index (κ1) is 12.7. The van der Waals surface area contributed by atoms with E-state index in [2.05, 4.69) is 20.6 Å². The Labute approximate surface area is 119 Å². The normalized spacial score (nSPS) is 14.2. The fraction of sp³-hybridized carbons (Fsp3) is 0.417. The maximum absolute atomic E-state index is 12.2. The van der Waals surface area contributed by atoms with Gasteiger partial charge in [0.25, 0.3) is 5.91 Å². The highest BCUT2D eigenvalue weighted by Crippen LogP contribution is 2.26. The van der Waals surface area contributed by atoms with E-state index in [-0.39, 0.29) is 5.91 Å². The second-order valence-electron chi connectivity index (χ2n) is 4.42. The lowest BCUT2D eigenvalue weighted by molar-refractivity contribution is 0.103. The third kappa shape index (κ3) is 2.54. The van der Waals surface area contributed by atoms with Gasteiger partial charge in [0.05, 0.1) is 16.4 Å². The van der Waals surface area contributed by atoms with Crippen molar-refractivity contribution in [3.8, 4) is 0 Å². The van der Waals surface area contributed by atoms with Crippen molar-refractivity contribution in [1.82, 2.24) is 15.3 Å². The van der Waals surface area contributed by atoms with Crippen LogP contribution in [0, 0.1) is 13.8 Å². The Hall–Kier alpha value is -1.31. The summed E-state index contributed by atoms with van der Waals surface area (Å²) in [6.07, 6.45) is 0.931. The van der Waals surface area contributed by atoms with Gasteiger partial charge in [-0.05, 0) is 13.8 Å². The van der Waals surface area contributed by atoms with E-state index in [0.717, 1.165) is 35.9 Å². The van der Waals surface area contributed by atoms with Crippen LogP contribution in [-0.4, -0.2) is 22.4 Å². The number of aryl methyl sites for hydroxylation is 2. The quantitative estimate of drug-likeness (QED) is 0.890. The van der Waals surface area contributed by atoms with Crippen molar-refractivity contribution in [1.29, 1.82) is 0 Å². The van der Waals surface area contributed by atoms with E-state index in [0.29, 0.717) is 10.0 Å². The molecule has 0 radical (unpaired) electrons. The molecule has 0 saturated heterocycles. The molecule has 3 heterocycles. The minimum atomic E-state index is -0.109. The number of carbonyl (C=O) groups is 1. The number of hydrogen-bond donors (Lipinski definition) is 2. The third-order valence-corrected chi connectivity index (χ3v) is 5.02. The summed E-state index contributed by atoms with van der Waals surface area (Å²) in [5.41, 5.74) is 1.89. The van der Waals surface area contributed by atoms with Crippen molar-refractivity contribution in [3.63, 3.8) is 0 Å². The summed E-state index contributed by atoms with van der Waals surface area (Å²) in [6, 6.07) is 0. The van der Waals surface area contributed by atoms with Gasteiger partial charge in [0.15, 0.2) is 5.13 Å². The minimum Gasteiger partial charge on any atom is -0.311 e. The molecule has 0 aliphatic carbocycles. The van der Waals surface area contributed by atoms with Gasteiger partial charge in [-0.25, -0.2) is 9.97 Å². The molecule has 2 aromatic heterocycles. The number of thiazole rings is 2. The van der Waals surface area contributed by atoms with E-state index < -0.39 is 0 Å². The fourth-order valence-corrected chi connectivity index (χ4v) is 3.86. The summed E-state index contributed by atoms with van der Waals surface area (Å²) in [6.45, 7) is 5.57. The Morgan fingerprint density at radius 2 is 2.16 bits per heavy atom. The average Bonchev–Trinajstić information content (AvgIpc) is 2.91. The molecule has 1 aliphatic rings. The molecule has 2 N–H and O–H groups in total. The summed E-state index contributed by atoms with van der Waals surface area (Å²) >= 11 is 2.97. The molecule has 0 spiro atoms. The van der Waals surface area contributed by atoms with Crippen LogP contribution >= 0.6 is 22.7 Å². The van der Waals surface area contributed by atoms with Crippen molar-refractivity contribution >= 4 is 33.7 Å². The molecular formula is C12H14N4OS2. The summed E-state index contributed by atoms with van der Waals surface area (Å²) < 4.78 is 0. The van der Waals surface area contributed by atoms with Crippen LogP contribution < -0.4 is 10.6 Å². The molecule has 100 valence electrons. The number of amides is 1. The summed E-state index contributed by atoms with van der Waals surface area (Å²) in [7, 11) is 0. The van der Waals surface area contributed by atoms with E-state index in [1.807, 2.05) is 13.8 Å². The molecule has 1 amide bonds. The van der Waals surface area contributed by atoms with Gasteiger partial charge in [0, 0.05) is 24.4 Å². The maximum Gasteiger partial charge on any atom is 0.269 e. The van der Waals surface area contributed by atoms with E-state index in [9.17, 15) is 4.79 Å². The van der Waals surface area contributed by atoms with Crippen molar-refractivity contribution in [2.24, 2.45) is 0 Å². The SMILES string of the molecule is Cc1nc(C)c(C(=O)Nc2nc3c(s2)CNCC3)s1. The molecule has 0 bridgehead atoms. The molecule has 1 aliphatic heterocycles. The first-order chi connectivity index (χ1) is 9.13. The van der Waals surface area contributed by atoms with Crippen LogP contribution in [0.25, 0.3) is 0 Å². The van der Waals surface area contributed by atoms with Gasteiger partial charge < -0.3 is 5.32 Å². The number of nitrogens with one attached hydrogen (secondary N) is 2. The topological polar surface area (TPSA) is 66.9 Å². The summed E-state index contributed by atoms with van der Waals surface area (Å²) in [5, 5.41) is 7.77. The zero-order chi connectivity index (χ0) is 13.4. The molecule has 0 aromatic carbocycles. The molecule has 19 heavy (non-hydrogen) atoms. The Balaban J connectivity index is 1.79. The number of anilines is 1. The highest BCUT2D eigenvalue weighted by Gasteiger charge is 2.18. The number of hydrogen-bond acceptors (Lipinski definition) is 6. The van der Waals surface area contributed by atoms with Gasteiger partial charge in [0.1, 0.15) is 4.88 Å². The van der Waals surface area contributed by atoms with Gasteiger partial charge in [-0.2, -0.15) is 0 Å². The monoisotopic (exact) mass is 294 g/mol. The third-order valence-electron chi connectivity index (χ3n) is 2.93. The smallest absolute Gasteiger partial charge is 0.269 e. The molecule has 7 heteroatoms. The number of carbonyl (C=O) groups excluding carboxylic acids is 1. The minimum absolute atomic E-state index is 0.109. The Kier molecular flexibility index (Phi) is 3.34. The summed E-state index contributed by atoms with van der Waals surface area (Å²) in [4.78, 5) is 22.8. The van der Waals surface area contributed by atoms with Crippen LogP contribution in [0.4, 0.5) is 5.13 Å². The molecule has 0 unspecified atom stereocenters. The highest BCUT2D eigenvalue weighted by molar-refractivity contribution is 7.16. The predicted octanol–water partition coefficient (Wildman–Crippen LogP) is 2.11. The number of rotatable bonds is 2. The van der Waals surface area contributed by atoms with Crippen LogP contribution in [-0.2, 0) is 13.0 Å². The van der Waals surface area contributed by atoms with Crippen LogP contribution in [0.5, 0.6) is 0 Å².